The molecule has 0 spiro atoms. The summed E-state index contributed by atoms with van der Waals surface area (Å²) in [4.78, 5) is 14.6. The summed E-state index contributed by atoms with van der Waals surface area (Å²) in [5.41, 5.74) is 1.16. The number of anilines is 1. The molecular formula is C15H25N5. The maximum atomic E-state index is 4.88. The number of hydrogen-bond donors (Lipinski definition) is 1. The first-order chi connectivity index (χ1) is 9.47. The predicted octanol–water partition coefficient (Wildman–Crippen LogP) is 1.49. The van der Waals surface area contributed by atoms with Gasteiger partial charge in [0, 0.05) is 51.3 Å². The van der Waals surface area contributed by atoms with Gasteiger partial charge in [0.1, 0.15) is 11.6 Å². The summed E-state index contributed by atoms with van der Waals surface area (Å²) in [5.74, 6) is 1.91. The fourth-order valence-corrected chi connectivity index (χ4v) is 2.99. The Hall–Kier alpha value is -1.20. The Kier molecular flexibility index (Phi) is 3.42. The molecule has 0 aromatic carbocycles. The Morgan fingerprint density at radius 3 is 2.35 bits per heavy atom. The molecule has 3 aliphatic heterocycles. The van der Waals surface area contributed by atoms with E-state index >= 15 is 0 Å². The van der Waals surface area contributed by atoms with Crippen LogP contribution in [0.15, 0.2) is 6.07 Å². The SMILES string of the molecule is CNc1cc(C(C)(C)C)nc(C2CN3CCN2CC3)n1. The first-order valence-electron chi connectivity index (χ1n) is 7.51. The van der Waals surface area contributed by atoms with Crippen LogP contribution in [0.1, 0.15) is 38.3 Å². The van der Waals surface area contributed by atoms with Gasteiger partial charge in [-0.3, -0.25) is 9.80 Å². The van der Waals surface area contributed by atoms with Gasteiger partial charge in [0.05, 0.1) is 11.7 Å². The number of rotatable bonds is 2. The number of aromatic nitrogens is 2. The van der Waals surface area contributed by atoms with Gasteiger partial charge in [0.15, 0.2) is 0 Å². The second-order valence-corrected chi connectivity index (χ2v) is 6.85. The normalized spacial score (nSPS) is 29.5. The van der Waals surface area contributed by atoms with Crippen molar-refractivity contribution in [3.63, 3.8) is 0 Å². The van der Waals surface area contributed by atoms with Crippen molar-refractivity contribution in [2.75, 3.05) is 45.1 Å². The summed E-state index contributed by atoms with van der Waals surface area (Å²) in [6.07, 6.45) is 0. The monoisotopic (exact) mass is 275 g/mol. The summed E-state index contributed by atoms with van der Waals surface area (Å²) in [5, 5.41) is 3.18. The highest BCUT2D eigenvalue weighted by Crippen LogP contribution is 2.29. The molecule has 0 radical (unpaired) electrons. The van der Waals surface area contributed by atoms with Gasteiger partial charge in [-0.05, 0) is 0 Å². The van der Waals surface area contributed by atoms with E-state index in [1.807, 2.05) is 7.05 Å². The zero-order chi connectivity index (χ0) is 14.3. The molecule has 1 aromatic heterocycles. The second-order valence-electron chi connectivity index (χ2n) is 6.85. The molecule has 1 atom stereocenters. The minimum atomic E-state index is 0.0482. The molecule has 3 fully saturated rings. The van der Waals surface area contributed by atoms with Crippen molar-refractivity contribution in [3.8, 4) is 0 Å². The van der Waals surface area contributed by atoms with Crippen LogP contribution in [-0.2, 0) is 5.41 Å². The smallest absolute Gasteiger partial charge is 0.149 e. The fraction of sp³-hybridized carbons (Fsp3) is 0.733. The average Bonchev–Trinajstić information content (AvgIpc) is 2.47. The van der Waals surface area contributed by atoms with Crippen LogP contribution in [0.2, 0.25) is 0 Å². The Morgan fingerprint density at radius 1 is 1.15 bits per heavy atom. The number of fused-ring (bicyclic) bond motifs is 3. The third-order valence-electron chi connectivity index (χ3n) is 4.34. The Bertz CT molecular complexity index is 486. The number of hydrogen-bond acceptors (Lipinski definition) is 5. The summed E-state index contributed by atoms with van der Waals surface area (Å²) >= 11 is 0. The Morgan fingerprint density at radius 2 is 1.85 bits per heavy atom. The molecule has 3 aliphatic rings. The summed E-state index contributed by atoms with van der Waals surface area (Å²) in [6, 6.07) is 2.42. The lowest BCUT2D eigenvalue weighted by molar-refractivity contribution is 0.00855. The van der Waals surface area contributed by atoms with Crippen molar-refractivity contribution in [1.29, 1.82) is 0 Å². The van der Waals surface area contributed by atoms with E-state index in [2.05, 4.69) is 42.0 Å². The number of nitrogens with zero attached hydrogens (tertiary/aromatic N) is 4. The largest absolute Gasteiger partial charge is 0.373 e. The summed E-state index contributed by atoms with van der Waals surface area (Å²) in [6.45, 7) is 12.3. The van der Waals surface area contributed by atoms with E-state index in [1.165, 1.54) is 13.1 Å². The maximum Gasteiger partial charge on any atom is 0.149 e. The zero-order valence-corrected chi connectivity index (χ0v) is 13.0. The maximum absolute atomic E-state index is 4.88. The van der Waals surface area contributed by atoms with Crippen molar-refractivity contribution >= 4 is 5.82 Å². The molecule has 0 aliphatic carbocycles. The van der Waals surface area contributed by atoms with Crippen LogP contribution in [-0.4, -0.2) is 59.5 Å². The van der Waals surface area contributed by atoms with Gasteiger partial charge in [-0.15, -0.1) is 0 Å². The van der Waals surface area contributed by atoms with E-state index in [0.717, 1.165) is 37.0 Å². The van der Waals surface area contributed by atoms with E-state index in [4.69, 9.17) is 9.97 Å². The molecule has 3 saturated heterocycles. The average molecular weight is 275 g/mol. The van der Waals surface area contributed by atoms with Gasteiger partial charge >= 0.3 is 0 Å². The highest BCUT2D eigenvalue weighted by atomic mass is 15.4. The molecule has 1 aromatic rings. The van der Waals surface area contributed by atoms with Gasteiger partial charge in [-0.1, -0.05) is 20.8 Å². The van der Waals surface area contributed by atoms with Gasteiger partial charge in [-0.25, -0.2) is 9.97 Å². The third kappa shape index (κ3) is 2.52. The molecule has 0 amide bonds. The van der Waals surface area contributed by atoms with Crippen LogP contribution in [0.25, 0.3) is 0 Å². The summed E-state index contributed by atoms with van der Waals surface area (Å²) in [7, 11) is 1.93. The number of nitrogens with one attached hydrogen (secondary N) is 1. The highest BCUT2D eigenvalue weighted by Gasteiger charge is 2.35. The molecule has 110 valence electrons. The van der Waals surface area contributed by atoms with Crippen LogP contribution < -0.4 is 5.32 Å². The van der Waals surface area contributed by atoms with Crippen LogP contribution >= 0.6 is 0 Å². The minimum absolute atomic E-state index is 0.0482. The topological polar surface area (TPSA) is 44.3 Å². The lowest BCUT2D eigenvalue weighted by Gasteiger charge is -2.46. The molecule has 5 nitrogen and oxygen atoms in total. The molecule has 4 rings (SSSR count). The fourth-order valence-electron chi connectivity index (χ4n) is 2.99. The molecule has 5 heteroatoms. The lowest BCUT2D eigenvalue weighted by atomic mass is 9.91. The third-order valence-corrected chi connectivity index (χ3v) is 4.34. The highest BCUT2D eigenvalue weighted by molar-refractivity contribution is 5.37. The van der Waals surface area contributed by atoms with Crippen molar-refractivity contribution in [2.24, 2.45) is 0 Å². The van der Waals surface area contributed by atoms with E-state index in [9.17, 15) is 0 Å². The first-order valence-corrected chi connectivity index (χ1v) is 7.51. The quantitative estimate of drug-likeness (QED) is 0.886. The van der Waals surface area contributed by atoms with Crippen LogP contribution in [0.5, 0.6) is 0 Å². The van der Waals surface area contributed by atoms with Gasteiger partial charge in [0.25, 0.3) is 0 Å². The van der Waals surface area contributed by atoms with Crippen molar-refractivity contribution < 1.29 is 0 Å². The summed E-state index contributed by atoms with van der Waals surface area (Å²) < 4.78 is 0. The van der Waals surface area contributed by atoms with Crippen molar-refractivity contribution in [3.05, 3.63) is 17.6 Å². The Balaban J connectivity index is 1.96. The Labute approximate surface area is 121 Å². The molecule has 1 N–H and O–H groups in total. The zero-order valence-electron chi connectivity index (χ0n) is 13.0. The number of piperazine rings is 3. The van der Waals surface area contributed by atoms with E-state index < -0.39 is 0 Å². The van der Waals surface area contributed by atoms with E-state index in [1.54, 1.807) is 0 Å². The van der Waals surface area contributed by atoms with Crippen LogP contribution in [0.3, 0.4) is 0 Å². The van der Waals surface area contributed by atoms with Crippen molar-refractivity contribution in [2.45, 2.75) is 32.2 Å². The van der Waals surface area contributed by atoms with E-state index in [-0.39, 0.29) is 5.41 Å². The molecule has 4 heterocycles. The van der Waals surface area contributed by atoms with Gasteiger partial charge in [0.2, 0.25) is 0 Å². The van der Waals surface area contributed by atoms with Crippen LogP contribution in [0.4, 0.5) is 5.82 Å². The molecule has 2 bridgehead atoms. The second kappa shape index (κ2) is 4.97. The molecular weight excluding hydrogens is 250 g/mol. The molecule has 20 heavy (non-hydrogen) atoms. The van der Waals surface area contributed by atoms with Gasteiger partial charge < -0.3 is 5.32 Å². The lowest BCUT2D eigenvalue weighted by Crippen LogP contribution is -2.57. The van der Waals surface area contributed by atoms with Crippen molar-refractivity contribution in [1.82, 2.24) is 19.8 Å². The molecule has 1 unspecified atom stereocenters. The van der Waals surface area contributed by atoms with Gasteiger partial charge in [-0.2, -0.15) is 0 Å². The minimum Gasteiger partial charge on any atom is -0.373 e. The molecule has 0 saturated carbocycles. The standard InChI is InChI=1S/C15H25N5/c1-15(2,3)12-9-13(16-4)18-14(17-12)11-10-19-5-7-20(11)8-6-19/h9,11H,5-8,10H2,1-4H3,(H,16,17,18). The van der Waals surface area contributed by atoms with Crippen LogP contribution in [0, 0.1) is 0 Å². The predicted molar refractivity (Wildman–Crippen MR) is 81.0 cm³/mol. The first kappa shape index (κ1) is 13.8. The van der Waals surface area contributed by atoms with E-state index in [0.29, 0.717) is 6.04 Å².